The minimum atomic E-state index is -0.372. The number of Topliss-reactive ketones (excluding diaryl/α,β-unsaturated/α-hetero) is 2. The van der Waals surface area contributed by atoms with Crippen molar-refractivity contribution < 1.29 is 23.8 Å². The number of methoxy groups -OCH3 is 1. The third kappa shape index (κ3) is 5.21. The quantitative estimate of drug-likeness (QED) is 0.350. The van der Waals surface area contributed by atoms with Crippen molar-refractivity contribution in [2.24, 2.45) is 0 Å². The first-order valence-corrected chi connectivity index (χ1v) is 13.6. The van der Waals surface area contributed by atoms with E-state index in [-0.39, 0.29) is 23.6 Å². The summed E-state index contributed by atoms with van der Waals surface area (Å²) in [5.41, 5.74) is 4.65. The molecule has 3 aliphatic rings. The van der Waals surface area contributed by atoms with Gasteiger partial charge in [0.2, 0.25) is 0 Å². The van der Waals surface area contributed by atoms with Gasteiger partial charge in [-0.2, -0.15) is 0 Å². The van der Waals surface area contributed by atoms with Crippen LogP contribution in [0.3, 0.4) is 0 Å². The molecular weight excluding hydrogens is 510 g/mol. The first-order valence-electron chi connectivity index (χ1n) is 12.8. The van der Waals surface area contributed by atoms with Gasteiger partial charge in [0.25, 0.3) is 0 Å². The van der Waals surface area contributed by atoms with Crippen LogP contribution in [0.25, 0.3) is 0 Å². The van der Waals surface area contributed by atoms with Crippen molar-refractivity contribution >= 4 is 27.5 Å². The summed E-state index contributed by atoms with van der Waals surface area (Å²) in [7, 11) is 1.70. The smallest absolute Gasteiger partial charge is 0.175 e. The topological polar surface area (TPSA) is 65.1 Å². The summed E-state index contributed by atoms with van der Waals surface area (Å²) in [5, 5.41) is 0. The maximum absolute atomic E-state index is 13.5. The van der Waals surface area contributed by atoms with Crippen molar-refractivity contribution in [1.29, 1.82) is 0 Å². The lowest BCUT2D eigenvalue weighted by Gasteiger charge is -2.44. The van der Waals surface area contributed by atoms with Gasteiger partial charge in [-0.05, 0) is 86.5 Å². The van der Waals surface area contributed by atoms with Crippen molar-refractivity contribution in [3.63, 3.8) is 0 Å². The molecule has 7 heteroatoms. The number of nitrogens with zero attached hydrogens (tertiary/aromatic N) is 1. The standard InChI is InChI=1S/C28H36BrNO5/c1-5-34-24-16-18(15-19(29)28(24)35-17(2)3)25-26-20(9-6-11-22(26)31)30(13-8-14-33-4)21-10-7-12-23(32)27(21)25/h15-17,25H,5-14H2,1-4H3. The molecule has 0 aromatic heterocycles. The third-order valence-corrected chi connectivity index (χ3v) is 7.42. The van der Waals surface area contributed by atoms with Crippen molar-refractivity contribution in [3.05, 3.63) is 44.7 Å². The fraction of sp³-hybridized carbons (Fsp3) is 0.571. The van der Waals surface area contributed by atoms with Crippen molar-refractivity contribution in [2.75, 3.05) is 26.9 Å². The summed E-state index contributed by atoms with van der Waals surface area (Å²) in [5.74, 6) is 1.20. The maximum atomic E-state index is 13.5. The SMILES string of the molecule is CCOc1cc(C2C3=C(CCCC3=O)N(CCCOC)C3=C2C(=O)CCC3)cc(Br)c1OC(C)C. The van der Waals surface area contributed by atoms with Crippen LogP contribution in [0.4, 0.5) is 0 Å². The van der Waals surface area contributed by atoms with Crippen molar-refractivity contribution in [3.8, 4) is 11.5 Å². The highest BCUT2D eigenvalue weighted by Crippen LogP contribution is 2.51. The molecule has 1 aliphatic heterocycles. The summed E-state index contributed by atoms with van der Waals surface area (Å²) < 4.78 is 18.1. The number of ether oxygens (including phenoxy) is 3. The first kappa shape index (κ1) is 26.0. The van der Waals surface area contributed by atoms with E-state index in [0.717, 1.165) is 71.2 Å². The van der Waals surface area contributed by atoms with Gasteiger partial charge in [0, 0.05) is 61.6 Å². The summed E-state index contributed by atoms with van der Waals surface area (Å²) in [6.07, 6.45) is 5.26. The number of benzene rings is 1. The summed E-state index contributed by atoms with van der Waals surface area (Å²) >= 11 is 3.69. The lowest BCUT2D eigenvalue weighted by atomic mass is 9.71. The molecule has 0 saturated heterocycles. The second kappa shape index (κ2) is 11.3. The van der Waals surface area contributed by atoms with E-state index in [9.17, 15) is 9.59 Å². The second-order valence-corrected chi connectivity index (χ2v) is 10.5. The molecule has 1 heterocycles. The van der Waals surface area contributed by atoms with Crippen molar-refractivity contribution in [2.45, 2.75) is 77.7 Å². The largest absolute Gasteiger partial charge is 0.490 e. The Balaban J connectivity index is 1.90. The molecule has 0 fully saturated rings. The predicted molar refractivity (Wildman–Crippen MR) is 139 cm³/mol. The molecule has 6 nitrogen and oxygen atoms in total. The van der Waals surface area contributed by atoms with Gasteiger partial charge in [0.1, 0.15) is 0 Å². The van der Waals surface area contributed by atoms with E-state index in [1.807, 2.05) is 32.9 Å². The van der Waals surface area contributed by atoms with E-state index < -0.39 is 0 Å². The van der Waals surface area contributed by atoms with Gasteiger partial charge in [-0.25, -0.2) is 0 Å². The molecule has 1 aromatic rings. The zero-order valence-corrected chi connectivity index (χ0v) is 22.8. The summed E-state index contributed by atoms with van der Waals surface area (Å²) in [6.45, 7) is 7.79. The van der Waals surface area contributed by atoms with Crippen LogP contribution >= 0.6 is 15.9 Å². The molecule has 0 amide bonds. The molecule has 0 atom stereocenters. The van der Waals surface area contributed by atoms with E-state index in [1.54, 1.807) is 7.11 Å². The van der Waals surface area contributed by atoms with Gasteiger partial charge in [0.05, 0.1) is 17.2 Å². The van der Waals surface area contributed by atoms with E-state index in [2.05, 4.69) is 20.8 Å². The van der Waals surface area contributed by atoms with E-state index in [4.69, 9.17) is 14.2 Å². The van der Waals surface area contributed by atoms with Gasteiger partial charge < -0.3 is 19.1 Å². The third-order valence-electron chi connectivity index (χ3n) is 6.84. The van der Waals surface area contributed by atoms with Gasteiger partial charge in [-0.3, -0.25) is 9.59 Å². The van der Waals surface area contributed by atoms with E-state index in [1.165, 1.54) is 0 Å². The fourth-order valence-electron chi connectivity index (χ4n) is 5.55. The molecule has 0 unspecified atom stereocenters. The lowest BCUT2D eigenvalue weighted by Crippen LogP contribution is -2.39. The Morgan fingerprint density at radius 3 is 2.20 bits per heavy atom. The van der Waals surface area contributed by atoms with Crippen LogP contribution < -0.4 is 9.47 Å². The molecule has 1 aromatic carbocycles. The molecule has 0 N–H and O–H groups in total. The number of halogens is 1. The molecule has 0 bridgehead atoms. The number of rotatable bonds is 9. The second-order valence-electron chi connectivity index (χ2n) is 9.63. The number of hydrogen-bond acceptors (Lipinski definition) is 6. The van der Waals surface area contributed by atoms with E-state index >= 15 is 0 Å². The average molecular weight is 547 g/mol. The molecule has 190 valence electrons. The molecule has 4 rings (SSSR count). The minimum absolute atomic E-state index is 0.0184. The maximum Gasteiger partial charge on any atom is 0.175 e. The number of carbonyl (C=O) groups is 2. The molecule has 0 radical (unpaired) electrons. The fourth-order valence-corrected chi connectivity index (χ4v) is 6.11. The Labute approximate surface area is 216 Å². The van der Waals surface area contributed by atoms with Crippen LogP contribution in [0.1, 0.15) is 77.2 Å². The first-order chi connectivity index (χ1) is 16.9. The summed E-state index contributed by atoms with van der Waals surface area (Å²) in [4.78, 5) is 29.2. The highest BCUT2D eigenvalue weighted by Gasteiger charge is 2.43. The Morgan fingerprint density at radius 2 is 1.66 bits per heavy atom. The minimum Gasteiger partial charge on any atom is -0.490 e. The zero-order valence-electron chi connectivity index (χ0n) is 21.2. The molecular formula is C28H36BrNO5. The van der Waals surface area contributed by atoms with Crippen LogP contribution in [0.2, 0.25) is 0 Å². The molecule has 2 aliphatic carbocycles. The average Bonchev–Trinajstić information content (AvgIpc) is 2.81. The normalized spacial score (nSPS) is 18.9. The van der Waals surface area contributed by atoms with Crippen LogP contribution in [-0.4, -0.2) is 49.4 Å². The van der Waals surface area contributed by atoms with Crippen molar-refractivity contribution in [1.82, 2.24) is 4.90 Å². The monoisotopic (exact) mass is 545 g/mol. The van der Waals surface area contributed by atoms with Crippen LogP contribution in [0.5, 0.6) is 11.5 Å². The number of allylic oxidation sites excluding steroid dienone is 4. The van der Waals surface area contributed by atoms with Gasteiger partial charge >= 0.3 is 0 Å². The number of carbonyl (C=O) groups excluding carboxylic acids is 2. The van der Waals surface area contributed by atoms with Gasteiger partial charge in [-0.1, -0.05) is 0 Å². The van der Waals surface area contributed by atoms with E-state index in [0.29, 0.717) is 37.6 Å². The Morgan fingerprint density at radius 1 is 1.03 bits per heavy atom. The number of ketones is 2. The van der Waals surface area contributed by atoms with Crippen LogP contribution in [0, 0.1) is 0 Å². The highest BCUT2D eigenvalue weighted by molar-refractivity contribution is 9.10. The predicted octanol–water partition coefficient (Wildman–Crippen LogP) is 6.08. The Kier molecular flexibility index (Phi) is 8.38. The van der Waals surface area contributed by atoms with Gasteiger partial charge in [0.15, 0.2) is 23.1 Å². The van der Waals surface area contributed by atoms with Crippen LogP contribution in [-0.2, 0) is 14.3 Å². The summed E-state index contributed by atoms with van der Waals surface area (Å²) in [6, 6.07) is 3.97. The Bertz CT molecular complexity index is 1010. The lowest BCUT2D eigenvalue weighted by molar-refractivity contribution is -0.117. The number of hydrogen-bond donors (Lipinski definition) is 0. The van der Waals surface area contributed by atoms with Gasteiger partial charge in [-0.15, -0.1) is 0 Å². The molecule has 0 spiro atoms. The molecule has 35 heavy (non-hydrogen) atoms. The Hall–Kier alpha value is -2.12. The van der Waals surface area contributed by atoms with Crippen LogP contribution in [0.15, 0.2) is 39.1 Å². The zero-order chi connectivity index (χ0) is 25.1. The molecule has 0 saturated carbocycles. The highest BCUT2D eigenvalue weighted by atomic mass is 79.9.